The van der Waals surface area contributed by atoms with Gasteiger partial charge in [0.2, 0.25) is 0 Å². The first-order chi connectivity index (χ1) is 11.4. The minimum Gasteiger partial charge on any atom is -0.389 e. The van der Waals surface area contributed by atoms with Crippen molar-refractivity contribution < 1.29 is 9.50 Å². The number of hydrogen-bond donors (Lipinski definition) is 5. The smallest absolute Gasteiger partial charge is 0.135 e. The number of benzene rings is 1. The number of nitrogens with one attached hydrogen (secondary N) is 4. The minimum atomic E-state index is -0.889. The Kier molecular flexibility index (Phi) is 8.28. The molecule has 0 aliphatic rings. The lowest BCUT2D eigenvalue weighted by Gasteiger charge is -2.16. The molecule has 0 radical (unpaired) electrons. The van der Waals surface area contributed by atoms with Crippen molar-refractivity contribution in [1.29, 1.82) is 10.8 Å². The summed E-state index contributed by atoms with van der Waals surface area (Å²) in [5, 5.41) is 30.7. The van der Waals surface area contributed by atoms with Gasteiger partial charge in [0.05, 0.1) is 10.7 Å². The molecule has 0 saturated heterocycles. The van der Waals surface area contributed by atoms with Gasteiger partial charge < -0.3 is 21.1 Å². The van der Waals surface area contributed by atoms with Crippen molar-refractivity contribution in [3.8, 4) is 0 Å². The lowest BCUT2D eigenvalue weighted by molar-refractivity contribution is 0.198. The van der Waals surface area contributed by atoms with E-state index in [4.69, 9.17) is 10.8 Å². The summed E-state index contributed by atoms with van der Waals surface area (Å²) in [6.07, 6.45) is 1.17. The lowest BCUT2D eigenvalue weighted by Crippen LogP contribution is -2.29. The van der Waals surface area contributed by atoms with Crippen LogP contribution in [0.15, 0.2) is 33.4 Å². The van der Waals surface area contributed by atoms with Gasteiger partial charge in [-0.15, -0.1) is 0 Å². The van der Waals surface area contributed by atoms with Crippen LogP contribution >= 0.6 is 15.9 Å². The molecule has 0 spiro atoms. The predicted molar refractivity (Wildman–Crippen MR) is 98.8 cm³/mol. The van der Waals surface area contributed by atoms with Gasteiger partial charge in [0.1, 0.15) is 18.0 Å². The molecule has 0 aliphatic heterocycles. The summed E-state index contributed by atoms with van der Waals surface area (Å²) in [6.45, 7) is 4.43. The summed E-state index contributed by atoms with van der Waals surface area (Å²) < 4.78 is 14.1. The molecule has 1 aromatic rings. The van der Waals surface area contributed by atoms with Crippen LogP contribution in [0.3, 0.4) is 0 Å². The Morgan fingerprint density at radius 3 is 2.67 bits per heavy atom. The fourth-order valence-corrected chi connectivity index (χ4v) is 2.54. The molecule has 0 fully saturated rings. The average molecular weight is 398 g/mol. The first-order valence-electron chi connectivity index (χ1n) is 7.36. The van der Waals surface area contributed by atoms with Crippen LogP contribution in [0, 0.1) is 16.6 Å². The molecule has 6 nitrogen and oxygen atoms in total. The maximum Gasteiger partial charge on any atom is 0.135 e. The molecule has 0 aliphatic carbocycles. The number of aliphatic hydroxyl groups is 1. The predicted octanol–water partition coefficient (Wildman–Crippen LogP) is 2.69. The maximum absolute atomic E-state index is 13.4. The van der Waals surface area contributed by atoms with Gasteiger partial charge in [-0.3, -0.25) is 5.41 Å². The van der Waals surface area contributed by atoms with E-state index in [0.717, 1.165) is 6.34 Å². The van der Waals surface area contributed by atoms with E-state index >= 15 is 0 Å². The highest BCUT2D eigenvalue weighted by Crippen LogP contribution is 2.19. The second kappa shape index (κ2) is 9.94. The number of halogens is 2. The lowest BCUT2D eigenvalue weighted by atomic mass is 10.0. The van der Waals surface area contributed by atoms with Crippen molar-refractivity contribution in [2.45, 2.75) is 20.0 Å². The van der Waals surface area contributed by atoms with Crippen LogP contribution in [-0.2, 0) is 0 Å². The molecule has 5 N–H and O–H groups in total. The summed E-state index contributed by atoms with van der Waals surface area (Å²) in [4.78, 5) is 3.96. The maximum atomic E-state index is 13.4. The van der Waals surface area contributed by atoms with Gasteiger partial charge in [-0.25, -0.2) is 9.38 Å². The van der Waals surface area contributed by atoms with E-state index in [-0.39, 0.29) is 6.54 Å². The van der Waals surface area contributed by atoms with Gasteiger partial charge in [0.15, 0.2) is 0 Å². The Balaban J connectivity index is 3.14. The van der Waals surface area contributed by atoms with E-state index in [1.807, 2.05) is 6.92 Å². The number of nitrogens with zero attached hydrogens (tertiary/aromatic N) is 1. The van der Waals surface area contributed by atoms with E-state index in [1.165, 1.54) is 31.3 Å². The Morgan fingerprint density at radius 2 is 2.12 bits per heavy atom. The molecule has 1 atom stereocenters. The van der Waals surface area contributed by atoms with Crippen LogP contribution in [0.25, 0.3) is 0 Å². The van der Waals surface area contributed by atoms with Gasteiger partial charge >= 0.3 is 0 Å². The van der Waals surface area contributed by atoms with Crippen molar-refractivity contribution in [1.82, 2.24) is 10.6 Å². The zero-order valence-electron chi connectivity index (χ0n) is 13.5. The standard InChI is InChI=1S/C16H21BrFN5O/c1-3-21-15(17)11(7-19)8-22-16(23-9-20)13-5-4-12(18)6-14(13)10(2)24/h4-7,9-10,19,21,24H,3,8H2,1-2H3,(H2,20,22,23)/b15-11+,19-7?. The van der Waals surface area contributed by atoms with Crippen molar-refractivity contribution in [3.63, 3.8) is 0 Å². The molecule has 0 amide bonds. The molecule has 1 unspecified atom stereocenters. The highest BCUT2D eigenvalue weighted by Gasteiger charge is 2.15. The van der Waals surface area contributed by atoms with Crippen LogP contribution < -0.4 is 10.6 Å². The number of aliphatic hydroxyl groups excluding tert-OH is 1. The molecule has 24 heavy (non-hydrogen) atoms. The van der Waals surface area contributed by atoms with Crippen molar-refractivity contribution in [2.75, 3.05) is 13.1 Å². The first-order valence-corrected chi connectivity index (χ1v) is 8.15. The van der Waals surface area contributed by atoms with Crippen molar-refractivity contribution in [2.24, 2.45) is 4.99 Å². The van der Waals surface area contributed by atoms with E-state index in [0.29, 0.717) is 33.7 Å². The zero-order valence-corrected chi connectivity index (χ0v) is 15.1. The Hall–Kier alpha value is -2.06. The second-order valence-electron chi connectivity index (χ2n) is 4.88. The van der Waals surface area contributed by atoms with E-state index in [1.54, 1.807) is 0 Å². The Bertz CT molecular complexity index is 658. The zero-order chi connectivity index (χ0) is 18.1. The Labute approximate surface area is 149 Å². The fourth-order valence-electron chi connectivity index (χ4n) is 2.01. The van der Waals surface area contributed by atoms with Gasteiger partial charge in [0, 0.05) is 30.4 Å². The van der Waals surface area contributed by atoms with Gasteiger partial charge in [-0.05, 0) is 53.5 Å². The molecule has 1 rings (SSSR count). The van der Waals surface area contributed by atoms with Crippen LogP contribution in [0.4, 0.5) is 4.39 Å². The van der Waals surface area contributed by atoms with E-state index in [9.17, 15) is 9.50 Å². The molecule has 1 aromatic carbocycles. The third-order valence-electron chi connectivity index (χ3n) is 3.15. The highest BCUT2D eigenvalue weighted by molar-refractivity contribution is 9.11. The van der Waals surface area contributed by atoms with Crippen LogP contribution in [0.5, 0.6) is 0 Å². The number of hydrogen-bond acceptors (Lipinski definition) is 4. The molecular formula is C16H21BrFN5O. The number of rotatable bonds is 8. The second-order valence-corrected chi connectivity index (χ2v) is 5.67. The van der Waals surface area contributed by atoms with Gasteiger partial charge in [0.25, 0.3) is 0 Å². The van der Waals surface area contributed by atoms with Crippen molar-refractivity contribution in [3.05, 3.63) is 45.3 Å². The molecule has 0 aromatic heterocycles. The number of aliphatic imine (C=N–C) groups is 1. The molecule has 0 bridgehead atoms. The number of amidine groups is 1. The largest absolute Gasteiger partial charge is 0.389 e. The topological polar surface area (TPSA) is 104 Å². The molecule has 0 heterocycles. The van der Waals surface area contributed by atoms with E-state index in [2.05, 4.69) is 31.6 Å². The van der Waals surface area contributed by atoms with Gasteiger partial charge in [-0.2, -0.15) is 0 Å². The molecular weight excluding hydrogens is 377 g/mol. The summed E-state index contributed by atoms with van der Waals surface area (Å²) >= 11 is 3.36. The first kappa shape index (κ1) is 20.0. The third-order valence-corrected chi connectivity index (χ3v) is 3.94. The third kappa shape index (κ3) is 5.54. The van der Waals surface area contributed by atoms with Crippen LogP contribution in [-0.4, -0.2) is 36.6 Å². The van der Waals surface area contributed by atoms with Gasteiger partial charge in [-0.1, -0.05) is 0 Å². The summed E-state index contributed by atoms with van der Waals surface area (Å²) in [7, 11) is 0. The Morgan fingerprint density at radius 1 is 1.42 bits per heavy atom. The van der Waals surface area contributed by atoms with Crippen LogP contribution in [0.1, 0.15) is 31.1 Å². The van der Waals surface area contributed by atoms with Crippen molar-refractivity contribution >= 4 is 34.3 Å². The summed E-state index contributed by atoms with van der Waals surface area (Å²) in [5.41, 5.74) is 1.52. The average Bonchev–Trinajstić information content (AvgIpc) is 2.54. The SMILES string of the molecule is CCN/C(Br)=C(\C=N)CN/C(=N\C=N)c1ccc(F)cc1C(C)O. The highest BCUT2D eigenvalue weighted by atomic mass is 79.9. The van der Waals surface area contributed by atoms with E-state index < -0.39 is 11.9 Å². The normalized spacial score (nSPS) is 13.8. The monoisotopic (exact) mass is 397 g/mol. The quantitative estimate of drug-likeness (QED) is 0.264. The minimum absolute atomic E-state index is 0.264. The molecule has 130 valence electrons. The molecule has 0 saturated carbocycles. The van der Waals surface area contributed by atoms with Crippen LogP contribution in [0.2, 0.25) is 0 Å². The molecule has 8 heteroatoms. The summed E-state index contributed by atoms with van der Waals surface area (Å²) in [5.74, 6) is -0.143. The fraction of sp³-hybridized carbons (Fsp3) is 0.312. The summed E-state index contributed by atoms with van der Waals surface area (Å²) in [6, 6.07) is 4.01.